The van der Waals surface area contributed by atoms with Crippen molar-refractivity contribution in [3.63, 3.8) is 0 Å². The number of hydrogen-bond donors (Lipinski definition) is 1. The lowest BCUT2D eigenvalue weighted by atomic mass is 9.97. The normalized spacial score (nSPS) is 10.4. The predicted molar refractivity (Wildman–Crippen MR) is 108 cm³/mol. The molecule has 0 aliphatic rings. The summed E-state index contributed by atoms with van der Waals surface area (Å²) in [5.41, 5.74) is 4.17. The summed E-state index contributed by atoms with van der Waals surface area (Å²) in [7, 11) is 0. The van der Waals surface area contributed by atoms with Gasteiger partial charge >= 0.3 is 5.97 Å². The average molecular weight is 391 g/mol. The molecule has 1 amide bonds. The Balaban J connectivity index is 1.60. The van der Waals surface area contributed by atoms with E-state index in [1.54, 1.807) is 24.3 Å². The van der Waals surface area contributed by atoms with Crippen molar-refractivity contribution >= 4 is 23.3 Å². The van der Waals surface area contributed by atoms with E-state index < -0.39 is 5.97 Å². The summed E-state index contributed by atoms with van der Waals surface area (Å²) in [5, 5.41) is 2.66. The van der Waals surface area contributed by atoms with Crippen molar-refractivity contribution in [1.82, 2.24) is 0 Å². The first-order valence-corrected chi connectivity index (χ1v) is 9.08. The molecule has 0 radical (unpaired) electrons. The predicted octanol–water partition coefficient (Wildman–Crippen LogP) is 4.50. The smallest absolute Gasteiger partial charge is 0.338 e. The minimum absolute atomic E-state index is 0.189. The Morgan fingerprint density at radius 3 is 2.21 bits per heavy atom. The lowest BCUT2D eigenvalue weighted by Crippen LogP contribution is -2.16. The molecule has 6 heteroatoms. The zero-order chi connectivity index (χ0) is 21.0. The Kier molecular flexibility index (Phi) is 5.93. The van der Waals surface area contributed by atoms with Crippen LogP contribution in [0.4, 0.5) is 5.69 Å². The van der Waals surface area contributed by atoms with Crippen molar-refractivity contribution in [3.05, 3.63) is 88.4 Å². The standard InChI is InChI=1S/C23H21NO5/c1-14-11-15(2)21(16(3)12-14)19(25)13-29-23(27)17-6-8-18(9-7-17)24-22(26)20-5-4-10-28-20/h4-12H,13H2,1-3H3,(H,24,26). The van der Waals surface area contributed by atoms with Crippen LogP contribution in [0, 0.1) is 20.8 Å². The molecule has 0 spiro atoms. The van der Waals surface area contributed by atoms with E-state index in [1.807, 2.05) is 32.9 Å². The second-order valence-corrected chi connectivity index (χ2v) is 6.78. The van der Waals surface area contributed by atoms with Gasteiger partial charge in [0.05, 0.1) is 11.8 Å². The fourth-order valence-corrected chi connectivity index (χ4v) is 3.20. The molecule has 3 rings (SSSR count). The number of amides is 1. The molecule has 0 saturated heterocycles. The zero-order valence-corrected chi connectivity index (χ0v) is 16.4. The van der Waals surface area contributed by atoms with Crippen LogP contribution in [-0.2, 0) is 4.74 Å². The number of carbonyl (C=O) groups excluding carboxylic acids is 3. The molecule has 0 unspecified atom stereocenters. The van der Waals surface area contributed by atoms with Crippen LogP contribution in [0.5, 0.6) is 0 Å². The highest BCUT2D eigenvalue weighted by atomic mass is 16.5. The number of furan rings is 1. The van der Waals surface area contributed by atoms with Gasteiger partial charge in [-0.25, -0.2) is 4.79 Å². The number of hydrogen-bond acceptors (Lipinski definition) is 5. The Hall–Kier alpha value is -3.67. The third kappa shape index (κ3) is 4.79. The topological polar surface area (TPSA) is 85.6 Å². The molecule has 0 aliphatic carbocycles. The monoisotopic (exact) mass is 391 g/mol. The number of anilines is 1. The fraction of sp³-hybridized carbons (Fsp3) is 0.174. The van der Waals surface area contributed by atoms with Gasteiger partial charge < -0.3 is 14.5 Å². The first-order valence-electron chi connectivity index (χ1n) is 9.08. The van der Waals surface area contributed by atoms with E-state index in [1.165, 1.54) is 18.4 Å². The number of benzene rings is 2. The van der Waals surface area contributed by atoms with Crippen LogP contribution in [-0.4, -0.2) is 24.3 Å². The van der Waals surface area contributed by atoms with Crippen LogP contribution < -0.4 is 5.32 Å². The number of aryl methyl sites for hydroxylation is 3. The van der Waals surface area contributed by atoms with Crippen molar-refractivity contribution in [2.24, 2.45) is 0 Å². The quantitative estimate of drug-likeness (QED) is 0.494. The number of nitrogens with one attached hydrogen (secondary N) is 1. The molecule has 3 aromatic rings. The van der Waals surface area contributed by atoms with Crippen LogP contribution in [0.3, 0.4) is 0 Å². The number of esters is 1. The van der Waals surface area contributed by atoms with E-state index >= 15 is 0 Å². The largest absolute Gasteiger partial charge is 0.459 e. The molecule has 148 valence electrons. The van der Waals surface area contributed by atoms with E-state index in [4.69, 9.17) is 9.15 Å². The van der Waals surface area contributed by atoms with Crippen molar-refractivity contribution in [2.75, 3.05) is 11.9 Å². The van der Waals surface area contributed by atoms with Crippen molar-refractivity contribution in [2.45, 2.75) is 20.8 Å². The fourth-order valence-electron chi connectivity index (χ4n) is 3.20. The molecule has 0 aliphatic heterocycles. The number of rotatable bonds is 6. The molecule has 2 aromatic carbocycles. The van der Waals surface area contributed by atoms with E-state index in [-0.39, 0.29) is 29.6 Å². The summed E-state index contributed by atoms with van der Waals surface area (Å²) >= 11 is 0. The van der Waals surface area contributed by atoms with E-state index in [0.29, 0.717) is 11.3 Å². The van der Waals surface area contributed by atoms with Crippen LogP contribution in [0.15, 0.2) is 59.2 Å². The SMILES string of the molecule is Cc1cc(C)c(C(=O)COC(=O)c2ccc(NC(=O)c3ccco3)cc2)c(C)c1. The summed E-state index contributed by atoms with van der Waals surface area (Å²) in [6.07, 6.45) is 1.41. The van der Waals surface area contributed by atoms with Crippen molar-refractivity contribution in [3.8, 4) is 0 Å². The number of ketones is 1. The van der Waals surface area contributed by atoms with Gasteiger partial charge in [0.2, 0.25) is 5.78 Å². The zero-order valence-electron chi connectivity index (χ0n) is 16.4. The van der Waals surface area contributed by atoms with Crippen molar-refractivity contribution in [1.29, 1.82) is 0 Å². The van der Waals surface area contributed by atoms with Crippen LogP contribution in [0.25, 0.3) is 0 Å². The van der Waals surface area contributed by atoms with E-state index in [9.17, 15) is 14.4 Å². The van der Waals surface area contributed by atoms with Gasteiger partial charge in [0.15, 0.2) is 12.4 Å². The summed E-state index contributed by atoms with van der Waals surface area (Å²) in [5.74, 6) is -1.05. The maximum Gasteiger partial charge on any atom is 0.338 e. The lowest BCUT2D eigenvalue weighted by molar-refractivity contribution is 0.0474. The highest BCUT2D eigenvalue weighted by Crippen LogP contribution is 2.18. The Bertz CT molecular complexity index is 1030. The first-order chi connectivity index (χ1) is 13.8. The van der Waals surface area contributed by atoms with Crippen LogP contribution in [0.2, 0.25) is 0 Å². The van der Waals surface area contributed by atoms with Crippen molar-refractivity contribution < 1.29 is 23.5 Å². The van der Waals surface area contributed by atoms with Gasteiger partial charge in [-0.15, -0.1) is 0 Å². The summed E-state index contributed by atoms with van der Waals surface area (Å²) in [6.45, 7) is 5.37. The maximum atomic E-state index is 12.5. The Labute approximate surface area is 168 Å². The summed E-state index contributed by atoms with van der Waals surface area (Å²) in [4.78, 5) is 36.7. The molecular weight excluding hydrogens is 370 g/mol. The van der Waals surface area contributed by atoms with Gasteiger partial charge in [0.1, 0.15) is 0 Å². The Morgan fingerprint density at radius 1 is 0.966 bits per heavy atom. The van der Waals surface area contributed by atoms with Gasteiger partial charge in [0, 0.05) is 11.3 Å². The van der Waals surface area contributed by atoms with Crippen LogP contribution in [0.1, 0.15) is 48.0 Å². The molecule has 1 N–H and O–H groups in total. The average Bonchev–Trinajstić information content (AvgIpc) is 3.21. The molecule has 0 bridgehead atoms. The van der Waals surface area contributed by atoms with Crippen LogP contribution >= 0.6 is 0 Å². The second kappa shape index (κ2) is 8.56. The third-order valence-electron chi connectivity index (χ3n) is 4.41. The second-order valence-electron chi connectivity index (χ2n) is 6.78. The van der Waals surface area contributed by atoms with Gasteiger partial charge in [-0.1, -0.05) is 17.7 Å². The first kappa shape index (κ1) is 20.1. The Morgan fingerprint density at radius 2 is 1.62 bits per heavy atom. The van der Waals surface area contributed by atoms with Gasteiger partial charge in [-0.05, 0) is 68.3 Å². The lowest BCUT2D eigenvalue weighted by Gasteiger charge is -2.11. The molecule has 29 heavy (non-hydrogen) atoms. The highest BCUT2D eigenvalue weighted by molar-refractivity contribution is 6.03. The minimum atomic E-state index is -0.607. The van der Waals surface area contributed by atoms with Gasteiger partial charge in [-0.3, -0.25) is 9.59 Å². The summed E-state index contributed by atoms with van der Waals surface area (Å²) < 4.78 is 10.2. The number of carbonyl (C=O) groups is 3. The third-order valence-corrected chi connectivity index (χ3v) is 4.41. The molecule has 1 aromatic heterocycles. The van der Waals surface area contributed by atoms with Gasteiger partial charge in [0.25, 0.3) is 5.91 Å². The molecule has 0 atom stereocenters. The maximum absolute atomic E-state index is 12.5. The molecule has 6 nitrogen and oxygen atoms in total. The summed E-state index contributed by atoms with van der Waals surface area (Å²) in [6, 6.07) is 13.2. The molecular formula is C23H21NO5. The molecule has 0 fully saturated rings. The van der Waals surface area contributed by atoms with Gasteiger partial charge in [-0.2, -0.15) is 0 Å². The minimum Gasteiger partial charge on any atom is -0.459 e. The van der Waals surface area contributed by atoms with E-state index in [2.05, 4.69) is 5.32 Å². The number of Topliss-reactive ketones (excluding diaryl/α,β-unsaturated/α-hetero) is 1. The number of ether oxygens (including phenoxy) is 1. The molecule has 0 saturated carbocycles. The highest BCUT2D eigenvalue weighted by Gasteiger charge is 2.16. The van der Waals surface area contributed by atoms with E-state index in [0.717, 1.165) is 16.7 Å². The molecule has 1 heterocycles.